The summed E-state index contributed by atoms with van der Waals surface area (Å²) in [5.74, 6) is 5.01. The van der Waals surface area contributed by atoms with Gasteiger partial charge in [0.1, 0.15) is 5.69 Å². The molecule has 0 aliphatic heterocycles. The molecular weight excluding hydrogens is 286 g/mol. The molecule has 1 aromatic carbocycles. The largest absolute Gasteiger partial charge is 0.366 e. The molecule has 2 rings (SSSR count). The van der Waals surface area contributed by atoms with Crippen LogP contribution in [-0.2, 0) is 0 Å². The van der Waals surface area contributed by atoms with E-state index in [9.17, 15) is 9.59 Å². The molecule has 0 saturated heterocycles. The molecule has 2 aromatic rings. The molecule has 106 valence electrons. The third-order valence-electron chi connectivity index (χ3n) is 2.59. The smallest absolute Gasteiger partial charge is 0.271 e. The predicted octanol–water partition coefficient (Wildman–Crippen LogP) is 1.33. The van der Waals surface area contributed by atoms with E-state index in [1.54, 1.807) is 29.6 Å². The van der Waals surface area contributed by atoms with Crippen LogP contribution in [0.5, 0.6) is 0 Å². The zero-order valence-corrected chi connectivity index (χ0v) is 12.2. The zero-order chi connectivity index (χ0) is 15.2. The summed E-state index contributed by atoms with van der Waals surface area (Å²) in [6.07, 6.45) is 0. The Labute approximate surface area is 126 Å². The second-order valence-corrected chi connectivity index (χ2v) is 5.24. The van der Waals surface area contributed by atoms with E-state index < -0.39 is 5.91 Å². The molecule has 0 atom stereocenters. The Bertz CT molecular complexity index is 723. The van der Waals surface area contributed by atoms with E-state index >= 15 is 0 Å². The van der Waals surface area contributed by atoms with E-state index in [-0.39, 0.29) is 12.5 Å². The molecule has 5 nitrogen and oxygen atoms in total. The maximum Gasteiger partial charge on any atom is 0.271 e. The maximum absolute atomic E-state index is 11.7. The van der Waals surface area contributed by atoms with E-state index in [1.807, 2.05) is 6.92 Å². The van der Waals surface area contributed by atoms with Crippen LogP contribution in [0.3, 0.4) is 0 Å². The van der Waals surface area contributed by atoms with E-state index in [4.69, 9.17) is 5.73 Å². The summed E-state index contributed by atoms with van der Waals surface area (Å²) in [6.45, 7) is 2.07. The van der Waals surface area contributed by atoms with Crippen molar-refractivity contribution in [3.63, 3.8) is 0 Å². The Morgan fingerprint density at radius 1 is 1.33 bits per heavy atom. The third-order valence-corrected chi connectivity index (χ3v) is 3.36. The SMILES string of the molecule is Cc1nc(C(=O)NCC#Cc2ccc(C(N)=O)cc2)cs1. The molecule has 0 aliphatic carbocycles. The van der Waals surface area contributed by atoms with Crippen LogP contribution < -0.4 is 11.1 Å². The van der Waals surface area contributed by atoms with Gasteiger partial charge in [0.05, 0.1) is 11.6 Å². The van der Waals surface area contributed by atoms with Crippen LogP contribution in [0, 0.1) is 18.8 Å². The van der Waals surface area contributed by atoms with Crippen molar-refractivity contribution in [1.29, 1.82) is 0 Å². The fourth-order valence-corrected chi connectivity index (χ4v) is 2.14. The first kappa shape index (κ1) is 14.8. The average molecular weight is 299 g/mol. The van der Waals surface area contributed by atoms with Crippen LogP contribution in [-0.4, -0.2) is 23.3 Å². The number of carbonyl (C=O) groups excluding carboxylic acids is 2. The number of nitrogens with one attached hydrogen (secondary N) is 1. The van der Waals surface area contributed by atoms with E-state index in [2.05, 4.69) is 22.1 Å². The number of hydrogen-bond acceptors (Lipinski definition) is 4. The van der Waals surface area contributed by atoms with Gasteiger partial charge in [-0.05, 0) is 31.2 Å². The molecule has 1 heterocycles. The predicted molar refractivity (Wildman–Crippen MR) is 81.0 cm³/mol. The quantitative estimate of drug-likeness (QED) is 0.839. The summed E-state index contributed by atoms with van der Waals surface area (Å²) >= 11 is 1.43. The number of hydrogen-bond donors (Lipinski definition) is 2. The Kier molecular flexibility index (Phi) is 4.69. The van der Waals surface area contributed by atoms with Crippen LogP contribution in [0.15, 0.2) is 29.6 Å². The lowest BCUT2D eigenvalue weighted by Gasteiger charge is -1.97. The van der Waals surface area contributed by atoms with Crippen molar-refractivity contribution in [2.24, 2.45) is 5.73 Å². The van der Waals surface area contributed by atoms with Crippen molar-refractivity contribution in [2.45, 2.75) is 6.92 Å². The van der Waals surface area contributed by atoms with Gasteiger partial charge in [-0.25, -0.2) is 4.98 Å². The monoisotopic (exact) mass is 299 g/mol. The van der Waals surface area contributed by atoms with Gasteiger partial charge in [-0.2, -0.15) is 0 Å². The lowest BCUT2D eigenvalue weighted by molar-refractivity contribution is 0.0953. The van der Waals surface area contributed by atoms with Gasteiger partial charge in [-0.1, -0.05) is 11.8 Å². The number of nitrogens with zero attached hydrogens (tertiary/aromatic N) is 1. The summed E-state index contributed by atoms with van der Waals surface area (Å²) in [6, 6.07) is 6.64. The topological polar surface area (TPSA) is 85.1 Å². The normalized spacial score (nSPS) is 9.57. The van der Waals surface area contributed by atoms with Gasteiger partial charge in [0.2, 0.25) is 5.91 Å². The lowest BCUT2D eigenvalue weighted by atomic mass is 10.1. The number of amides is 2. The standard InChI is InChI=1S/C15H13N3O2S/c1-10-18-13(9-21-10)15(20)17-8-2-3-11-4-6-12(7-5-11)14(16)19/h4-7,9H,8H2,1H3,(H2,16,19)(H,17,20). The Morgan fingerprint density at radius 3 is 2.62 bits per heavy atom. The minimum Gasteiger partial charge on any atom is -0.366 e. The van der Waals surface area contributed by atoms with Crippen molar-refractivity contribution in [1.82, 2.24) is 10.3 Å². The van der Waals surface area contributed by atoms with E-state index in [1.165, 1.54) is 11.3 Å². The van der Waals surface area contributed by atoms with Crippen molar-refractivity contribution < 1.29 is 9.59 Å². The second kappa shape index (κ2) is 6.68. The van der Waals surface area contributed by atoms with Gasteiger partial charge in [-0.15, -0.1) is 11.3 Å². The van der Waals surface area contributed by atoms with Crippen LogP contribution in [0.4, 0.5) is 0 Å². The van der Waals surface area contributed by atoms with E-state index in [0.29, 0.717) is 11.3 Å². The first-order valence-corrected chi connectivity index (χ1v) is 7.03. The fourth-order valence-electron chi connectivity index (χ4n) is 1.55. The van der Waals surface area contributed by atoms with Gasteiger partial charge in [-0.3, -0.25) is 9.59 Å². The maximum atomic E-state index is 11.7. The minimum absolute atomic E-state index is 0.229. The number of aryl methyl sites for hydroxylation is 1. The van der Waals surface area contributed by atoms with Crippen molar-refractivity contribution in [2.75, 3.05) is 6.54 Å². The molecule has 6 heteroatoms. The van der Waals surface area contributed by atoms with Gasteiger partial charge in [0.15, 0.2) is 0 Å². The Hall–Kier alpha value is -2.65. The van der Waals surface area contributed by atoms with Crippen LogP contribution in [0.25, 0.3) is 0 Å². The molecule has 3 N–H and O–H groups in total. The van der Waals surface area contributed by atoms with Gasteiger partial charge in [0, 0.05) is 16.5 Å². The Morgan fingerprint density at radius 2 is 2.05 bits per heavy atom. The molecule has 0 aliphatic rings. The summed E-state index contributed by atoms with van der Waals surface area (Å²) in [5.41, 5.74) is 6.74. The van der Waals surface area contributed by atoms with Gasteiger partial charge < -0.3 is 11.1 Å². The molecule has 21 heavy (non-hydrogen) atoms. The number of thiazole rings is 1. The summed E-state index contributed by atoms with van der Waals surface area (Å²) < 4.78 is 0. The lowest BCUT2D eigenvalue weighted by Crippen LogP contribution is -2.23. The summed E-state index contributed by atoms with van der Waals surface area (Å²) in [7, 11) is 0. The number of aromatic nitrogens is 1. The number of benzene rings is 1. The van der Waals surface area contributed by atoms with Crippen molar-refractivity contribution in [3.05, 3.63) is 51.5 Å². The number of primary amides is 1. The highest BCUT2D eigenvalue weighted by Crippen LogP contribution is 2.07. The second-order valence-electron chi connectivity index (χ2n) is 4.18. The van der Waals surface area contributed by atoms with E-state index in [0.717, 1.165) is 10.6 Å². The third kappa shape index (κ3) is 4.16. The van der Waals surface area contributed by atoms with Gasteiger partial charge in [0.25, 0.3) is 5.91 Å². The van der Waals surface area contributed by atoms with Crippen molar-refractivity contribution in [3.8, 4) is 11.8 Å². The summed E-state index contributed by atoms with van der Waals surface area (Å²) in [5, 5.41) is 5.23. The average Bonchev–Trinajstić information content (AvgIpc) is 2.90. The zero-order valence-electron chi connectivity index (χ0n) is 11.3. The van der Waals surface area contributed by atoms with Crippen LogP contribution in [0.2, 0.25) is 0 Å². The highest BCUT2D eigenvalue weighted by atomic mass is 32.1. The molecule has 0 saturated carbocycles. The molecule has 1 aromatic heterocycles. The molecule has 0 bridgehead atoms. The summed E-state index contributed by atoms with van der Waals surface area (Å²) in [4.78, 5) is 26.7. The number of rotatable bonds is 3. The number of nitrogens with two attached hydrogens (primary N) is 1. The first-order chi connectivity index (χ1) is 10.1. The highest BCUT2D eigenvalue weighted by molar-refractivity contribution is 7.09. The molecule has 0 unspecified atom stereocenters. The Balaban J connectivity index is 1.89. The van der Waals surface area contributed by atoms with Gasteiger partial charge >= 0.3 is 0 Å². The van der Waals surface area contributed by atoms with Crippen molar-refractivity contribution >= 4 is 23.2 Å². The first-order valence-electron chi connectivity index (χ1n) is 6.15. The fraction of sp³-hybridized carbons (Fsp3) is 0.133. The van der Waals surface area contributed by atoms with Crippen LogP contribution >= 0.6 is 11.3 Å². The molecule has 2 amide bonds. The molecule has 0 fully saturated rings. The molecular formula is C15H13N3O2S. The molecule has 0 spiro atoms. The molecule has 0 radical (unpaired) electrons. The number of carbonyl (C=O) groups is 2. The minimum atomic E-state index is -0.472. The highest BCUT2D eigenvalue weighted by Gasteiger charge is 2.07. The van der Waals surface area contributed by atoms with Crippen LogP contribution in [0.1, 0.15) is 31.4 Å².